The van der Waals surface area contributed by atoms with Crippen molar-refractivity contribution in [2.75, 3.05) is 59.7 Å². The lowest BCUT2D eigenvalue weighted by atomic mass is 9.86. The van der Waals surface area contributed by atoms with Gasteiger partial charge in [-0.3, -0.25) is 53.0 Å². The van der Waals surface area contributed by atoms with E-state index in [-0.39, 0.29) is 124 Å². The fourth-order valence-electron chi connectivity index (χ4n) is 13.1. The van der Waals surface area contributed by atoms with Crippen LogP contribution in [0.25, 0.3) is 0 Å². The van der Waals surface area contributed by atoms with Gasteiger partial charge in [-0.25, -0.2) is 4.79 Å². The first kappa shape index (κ1) is 81.0. The summed E-state index contributed by atoms with van der Waals surface area (Å²) in [6.07, 6.45) is -3.38. The number of carbonyl (C=O) groups is 10. The highest BCUT2D eigenvalue weighted by atomic mass is 19.4. The molecule has 11 amide bonds. The molecule has 538 valence electrons. The summed E-state index contributed by atoms with van der Waals surface area (Å²) < 4.78 is 48.0. The summed E-state index contributed by atoms with van der Waals surface area (Å²) in [6.45, 7) is 19.3. The average molecular weight is 1350 g/mol. The Labute approximate surface area is 565 Å². The average Bonchev–Trinajstić information content (AvgIpc) is 1.86. The molecule has 0 spiro atoms. The lowest BCUT2D eigenvalue weighted by Gasteiger charge is -2.41. The predicted molar refractivity (Wildman–Crippen MR) is 361 cm³/mol. The summed E-state index contributed by atoms with van der Waals surface area (Å²) in [4.78, 5) is 142. The Kier molecular flexibility index (Phi) is 32.5. The van der Waals surface area contributed by atoms with E-state index in [9.17, 15) is 61.1 Å². The number of rotatable bonds is 37. The molecule has 13 atom stereocenters. The molecule has 27 heteroatoms. The number of ether oxygens (including phenoxy) is 1. The van der Waals surface area contributed by atoms with Crippen molar-refractivity contribution >= 4 is 64.9 Å². The maximum atomic E-state index is 14.6. The van der Waals surface area contributed by atoms with Gasteiger partial charge >= 0.3 is 12.2 Å². The number of primary amides is 2. The first-order chi connectivity index (χ1) is 45.1. The van der Waals surface area contributed by atoms with Gasteiger partial charge in [-0.1, -0.05) is 118 Å². The molecular formula is C69H110F3N13O11. The number of hydrogen-bond donors (Lipinski definition) is 9. The van der Waals surface area contributed by atoms with E-state index in [4.69, 9.17) is 16.2 Å². The van der Waals surface area contributed by atoms with Crippen LogP contribution in [-0.4, -0.2) is 194 Å². The van der Waals surface area contributed by atoms with Gasteiger partial charge in [0.15, 0.2) is 0 Å². The minimum atomic E-state index is -4.61. The van der Waals surface area contributed by atoms with Crippen molar-refractivity contribution in [1.29, 1.82) is 0 Å². The summed E-state index contributed by atoms with van der Waals surface area (Å²) in [5.74, 6) is -6.95. The molecule has 0 radical (unpaired) electrons. The monoisotopic (exact) mass is 1350 g/mol. The lowest BCUT2D eigenvalue weighted by Crippen LogP contribution is -2.59. The number of likely N-dealkylation sites (tertiary alicyclic amines) is 2. The molecule has 2 fully saturated rings. The van der Waals surface area contributed by atoms with E-state index >= 15 is 0 Å². The molecule has 4 rings (SSSR count). The first-order valence-electron chi connectivity index (χ1n) is 33.9. The SMILES string of the molecule is CC[C@H](C)[C@@H]([C@@H](CC(=O)N1CCC[C@H]1[C@H](C)[C@@H](C)C(=O)N[C@@H](Cc1ccccc1)C(=O)NCc1ccc(NC(=O)[C@H](CCCNC(N)=O)NC(=O)[C@@H](NC(=O)CCCN2CC[C@H](C(N)=O)C[C@@H]2C(F)(F)F)C(C)C)cc1)OC)N(C)C(=O)[C@@H](NC(=O)C(C(C)C)N(C)C)C(C)C. The minimum absolute atomic E-state index is 0.00551. The molecule has 0 aromatic heterocycles. The van der Waals surface area contributed by atoms with Gasteiger partial charge in [-0.2, -0.15) is 13.2 Å². The van der Waals surface area contributed by atoms with Crippen molar-refractivity contribution in [3.63, 3.8) is 0 Å². The van der Waals surface area contributed by atoms with Crippen LogP contribution in [0.4, 0.5) is 23.7 Å². The summed E-state index contributed by atoms with van der Waals surface area (Å²) in [5, 5.41) is 19.6. The van der Waals surface area contributed by atoms with Crippen LogP contribution in [0.1, 0.15) is 145 Å². The number of likely N-dealkylation sites (N-methyl/N-ethyl adjacent to an activating group) is 2. The number of halogens is 3. The summed E-state index contributed by atoms with van der Waals surface area (Å²) in [6, 6.07) is 7.68. The maximum absolute atomic E-state index is 14.6. The lowest BCUT2D eigenvalue weighted by molar-refractivity contribution is -0.195. The van der Waals surface area contributed by atoms with Crippen molar-refractivity contribution in [3.8, 4) is 0 Å². The Morgan fingerprint density at radius 1 is 0.698 bits per heavy atom. The third-order valence-corrected chi connectivity index (χ3v) is 19.0. The molecule has 2 saturated heterocycles. The first-order valence-corrected chi connectivity index (χ1v) is 33.9. The number of nitrogens with zero attached hydrogens (tertiary/aromatic N) is 4. The van der Waals surface area contributed by atoms with Gasteiger partial charge < -0.3 is 63.2 Å². The second kappa shape index (κ2) is 38.5. The Morgan fingerprint density at radius 3 is 1.90 bits per heavy atom. The number of amides is 11. The third-order valence-electron chi connectivity index (χ3n) is 19.0. The van der Waals surface area contributed by atoms with E-state index < -0.39 is 114 Å². The number of benzene rings is 2. The van der Waals surface area contributed by atoms with E-state index in [1.165, 1.54) is 12.0 Å². The van der Waals surface area contributed by atoms with Crippen molar-refractivity contribution in [2.24, 2.45) is 52.9 Å². The zero-order chi connectivity index (χ0) is 71.9. The number of anilines is 1. The molecule has 0 aliphatic carbocycles. The zero-order valence-corrected chi connectivity index (χ0v) is 58.8. The van der Waals surface area contributed by atoms with E-state index in [1.807, 2.05) is 103 Å². The van der Waals surface area contributed by atoms with Crippen molar-refractivity contribution in [3.05, 3.63) is 65.7 Å². The highest BCUT2D eigenvalue weighted by molar-refractivity contribution is 5.98. The molecule has 96 heavy (non-hydrogen) atoms. The van der Waals surface area contributed by atoms with Crippen LogP contribution in [0.15, 0.2) is 54.6 Å². The maximum Gasteiger partial charge on any atom is 0.404 e. The van der Waals surface area contributed by atoms with E-state index in [0.29, 0.717) is 37.1 Å². The second-order valence-electron chi connectivity index (χ2n) is 27.4. The summed E-state index contributed by atoms with van der Waals surface area (Å²) in [5.41, 5.74) is 12.3. The number of alkyl halides is 3. The molecule has 0 saturated carbocycles. The number of methoxy groups -OCH3 is 1. The summed E-state index contributed by atoms with van der Waals surface area (Å²) in [7, 11) is 6.91. The molecule has 2 heterocycles. The van der Waals surface area contributed by atoms with Gasteiger partial charge in [0.2, 0.25) is 53.2 Å². The molecule has 2 aliphatic heterocycles. The van der Waals surface area contributed by atoms with Gasteiger partial charge in [0, 0.05) is 70.2 Å². The van der Waals surface area contributed by atoms with Gasteiger partial charge in [0.1, 0.15) is 30.2 Å². The topological polar surface area (TPSA) is 329 Å². The van der Waals surface area contributed by atoms with Crippen LogP contribution in [0.5, 0.6) is 0 Å². The fraction of sp³-hybridized carbons (Fsp3) is 0.681. The summed E-state index contributed by atoms with van der Waals surface area (Å²) >= 11 is 0. The number of urea groups is 1. The number of piperidine rings is 1. The molecule has 0 bridgehead atoms. The van der Waals surface area contributed by atoms with Crippen molar-refractivity contribution in [1.82, 2.24) is 51.5 Å². The zero-order valence-electron chi connectivity index (χ0n) is 58.8. The van der Waals surface area contributed by atoms with Crippen LogP contribution < -0.4 is 48.7 Å². The van der Waals surface area contributed by atoms with Crippen molar-refractivity contribution < 1.29 is 65.9 Å². The Bertz CT molecular complexity index is 2880. The fourth-order valence-corrected chi connectivity index (χ4v) is 13.1. The van der Waals surface area contributed by atoms with E-state index in [2.05, 4.69) is 37.2 Å². The standard InChI is InChI=1S/C69H110F3N13O11/c1-15-43(8)60(83(13)67(94)58(41(4)5)81-66(93)59(42(6)7)82(11)12)53(96-14)38-56(87)85-34-20-25-52(85)44(9)45(10)62(89)79-51(36-46-22-17-16-18-23-46)63(90)76-39-47-27-29-49(30-28-47)77-64(91)50(24-19-32-75-68(74)95)78-65(92)57(40(2)3)80-55(86)26-21-33-84-35-31-48(61(73)88)37-54(84)69(70,71)72/h16-18,22-23,27-30,40-45,48,50-54,57-60H,15,19-21,24-26,31-39H2,1-14H3,(H2,73,88)(H,76,90)(H,77,91)(H,78,92)(H,79,89)(H,80,86)(H,81,93)(H3,74,75,95)/t43-,44+,45+,48-,50-,51-,52-,53+,54+,57-,58-,59?,60-/m0/s1. The van der Waals surface area contributed by atoms with Crippen LogP contribution in [0.3, 0.4) is 0 Å². The van der Waals surface area contributed by atoms with Crippen molar-refractivity contribution in [2.45, 2.75) is 207 Å². The molecule has 2 aromatic carbocycles. The highest BCUT2D eigenvalue weighted by Gasteiger charge is 2.48. The molecular weight excluding hydrogens is 1240 g/mol. The Hall–Kier alpha value is -7.39. The van der Waals surface area contributed by atoms with Crippen LogP contribution in [0.2, 0.25) is 0 Å². The van der Waals surface area contributed by atoms with Crippen LogP contribution in [-0.2, 0) is 60.9 Å². The minimum Gasteiger partial charge on any atom is -0.379 e. The second-order valence-corrected chi connectivity index (χ2v) is 27.4. The molecule has 2 aliphatic rings. The van der Waals surface area contributed by atoms with Gasteiger partial charge in [-0.05, 0) is 125 Å². The molecule has 11 N–H and O–H groups in total. The van der Waals surface area contributed by atoms with E-state index in [1.54, 1.807) is 57.0 Å². The third kappa shape index (κ3) is 24.3. The predicted octanol–water partition coefficient (Wildman–Crippen LogP) is 5.22. The Morgan fingerprint density at radius 2 is 1.33 bits per heavy atom. The smallest absolute Gasteiger partial charge is 0.379 e. The quantitative estimate of drug-likeness (QED) is 0.0393. The van der Waals surface area contributed by atoms with Gasteiger partial charge in [0.25, 0.3) is 0 Å². The van der Waals surface area contributed by atoms with E-state index in [0.717, 1.165) is 5.56 Å². The number of hydrogen-bond acceptors (Lipinski definition) is 13. The number of nitrogens with one attached hydrogen (secondary N) is 7. The number of carbonyl (C=O) groups excluding carboxylic acids is 10. The van der Waals surface area contributed by atoms with Gasteiger partial charge in [0.05, 0.1) is 24.6 Å². The molecule has 2 aromatic rings. The number of nitrogens with two attached hydrogens (primary N) is 2. The molecule has 24 nitrogen and oxygen atoms in total. The normalized spacial score (nSPS) is 19.2. The Balaban J connectivity index is 1.42. The molecule has 1 unspecified atom stereocenters. The highest BCUT2D eigenvalue weighted by Crippen LogP contribution is 2.35. The van der Waals surface area contributed by atoms with Crippen LogP contribution >= 0.6 is 0 Å². The van der Waals surface area contributed by atoms with Crippen LogP contribution in [0, 0.1) is 41.4 Å². The van der Waals surface area contributed by atoms with Gasteiger partial charge in [-0.15, -0.1) is 0 Å². The largest absolute Gasteiger partial charge is 0.404 e.